The molecule has 2 heterocycles. The number of carbonyl (C=O) groups is 2. The average Bonchev–Trinajstić information content (AvgIpc) is 3.03. The molecule has 0 aromatic carbocycles. The Balaban J connectivity index is 2.36. The molecule has 22 heavy (non-hydrogen) atoms. The van der Waals surface area contributed by atoms with Crippen molar-refractivity contribution >= 4 is 17.3 Å². The van der Waals surface area contributed by atoms with E-state index in [1.165, 1.54) is 6.92 Å². The highest BCUT2D eigenvalue weighted by Gasteiger charge is 2.51. The third-order valence-electron chi connectivity index (χ3n) is 4.99. The average molecular weight is 301 g/mol. The van der Waals surface area contributed by atoms with E-state index in [0.29, 0.717) is 5.69 Å². The molecule has 4 nitrogen and oxygen atoms in total. The summed E-state index contributed by atoms with van der Waals surface area (Å²) in [5.41, 5.74) is 0.799. The van der Waals surface area contributed by atoms with E-state index in [4.69, 9.17) is 0 Å². The minimum Gasteiger partial charge on any atom is -0.505 e. The summed E-state index contributed by atoms with van der Waals surface area (Å²) in [6, 6.07) is 3.81. The van der Waals surface area contributed by atoms with Gasteiger partial charge in [-0.05, 0) is 31.9 Å². The molecule has 118 valence electrons. The third-order valence-corrected chi connectivity index (χ3v) is 4.99. The normalized spacial score (nSPS) is 20.6. The van der Waals surface area contributed by atoms with Gasteiger partial charge in [0.2, 0.25) is 0 Å². The van der Waals surface area contributed by atoms with E-state index in [1.807, 2.05) is 16.7 Å². The van der Waals surface area contributed by atoms with Crippen LogP contribution in [0.25, 0.3) is 5.76 Å². The SMILES string of the molecule is CC(=O)C1=C(O)c2ccc(C(C)(C)C)n2C2(CCCC2)C1=O. The van der Waals surface area contributed by atoms with Gasteiger partial charge in [-0.1, -0.05) is 33.6 Å². The molecule has 3 rings (SSSR count). The molecular weight excluding hydrogens is 278 g/mol. The number of hydrogen-bond donors (Lipinski definition) is 1. The Kier molecular flexibility index (Phi) is 3.13. The number of fused-ring (bicyclic) bond motifs is 2. The van der Waals surface area contributed by atoms with Crippen molar-refractivity contribution in [3.05, 3.63) is 29.1 Å². The monoisotopic (exact) mass is 301 g/mol. The predicted molar refractivity (Wildman–Crippen MR) is 84.8 cm³/mol. The Bertz CT molecular complexity index is 694. The number of hydrogen-bond acceptors (Lipinski definition) is 3. The van der Waals surface area contributed by atoms with Crippen LogP contribution >= 0.6 is 0 Å². The van der Waals surface area contributed by atoms with Crippen LogP contribution < -0.4 is 0 Å². The lowest BCUT2D eigenvalue weighted by Gasteiger charge is -2.39. The van der Waals surface area contributed by atoms with Crippen LogP contribution in [0.2, 0.25) is 0 Å². The third kappa shape index (κ3) is 1.82. The van der Waals surface area contributed by atoms with Crippen LogP contribution in [0, 0.1) is 0 Å². The first kappa shape index (κ1) is 15.1. The van der Waals surface area contributed by atoms with Crippen molar-refractivity contribution < 1.29 is 14.7 Å². The van der Waals surface area contributed by atoms with Gasteiger partial charge in [0.1, 0.15) is 11.1 Å². The Labute approximate surface area is 130 Å². The van der Waals surface area contributed by atoms with Gasteiger partial charge < -0.3 is 9.67 Å². The van der Waals surface area contributed by atoms with E-state index in [1.54, 1.807) is 0 Å². The number of aliphatic hydroxyl groups excluding tert-OH is 1. The first-order valence-electron chi connectivity index (χ1n) is 7.92. The van der Waals surface area contributed by atoms with Gasteiger partial charge >= 0.3 is 0 Å². The molecule has 1 aromatic rings. The summed E-state index contributed by atoms with van der Waals surface area (Å²) in [7, 11) is 0. The van der Waals surface area contributed by atoms with Gasteiger partial charge in [0, 0.05) is 11.1 Å². The van der Waals surface area contributed by atoms with E-state index in [0.717, 1.165) is 31.4 Å². The largest absolute Gasteiger partial charge is 0.505 e. The van der Waals surface area contributed by atoms with Crippen molar-refractivity contribution in [2.75, 3.05) is 0 Å². The molecule has 4 heteroatoms. The topological polar surface area (TPSA) is 59.3 Å². The highest BCUT2D eigenvalue weighted by atomic mass is 16.3. The molecular formula is C18H23NO3. The first-order valence-corrected chi connectivity index (χ1v) is 7.92. The summed E-state index contributed by atoms with van der Waals surface area (Å²) in [4.78, 5) is 25.0. The van der Waals surface area contributed by atoms with E-state index in [-0.39, 0.29) is 28.3 Å². The van der Waals surface area contributed by atoms with Crippen molar-refractivity contribution in [3.8, 4) is 0 Å². The zero-order valence-corrected chi connectivity index (χ0v) is 13.7. The van der Waals surface area contributed by atoms with E-state index in [2.05, 4.69) is 20.8 Å². The van der Waals surface area contributed by atoms with Crippen LogP contribution in [0.1, 0.15) is 64.8 Å². The smallest absolute Gasteiger partial charge is 0.196 e. The van der Waals surface area contributed by atoms with Crippen LogP contribution in [-0.4, -0.2) is 21.2 Å². The van der Waals surface area contributed by atoms with Crippen LogP contribution in [0.5, 0.6) is 0 Å². The number of ketones is 2. The zero-order chi connectivity index (χ0) is 16.3. The van der Waals surface area contributed by atoms with Crippen molar-refractivity contribution in [1.82, 2.24) is 4.57 Å². The molecule has 0 amide bonds. The van der Waals surface area contributed by atoms with Gasteiger partial charge in [-0.3, -0.25) is 9.59 Å². The number of aliphatic hydroxyl groups is 1. The van der Waals surface area contributed by atoms with Gasteiger partial charge in [0.15, 0.2) is 17.3 Å². The molecule has 1 aromatic heterocycles. The second kappa shape index (κ2) is 4.58. The van der Waals surface area contributed by atoms with Gasteiger partial charge in [0.25, 0.3) is 0 Å². The molecule has 1 aliphatic carbocycles. The Morgan fingerprint density at radius 3 is 2.32 bits per heavy atom. The molecule has 0 atom stereocenters. The lowest BCUT2D eigenvalue weighted by Crippen LogP contribution is -2.47. The summed E-state index contributed by atoms with van der Waals surface area (Å²) in [6.45, 7) is 7.66. The summed E-state index contributed by atoms with van der Waals surface area (Å²) in [5.74, 6) is -0.715. The maximum absolute atomic E-state index is 13.1. The molecule has 1 N–H and O–H groups in total. The lowest BCUT2D eigenvalue weighted by molar-refractivity contribution is -0.127. The van der Waals surface area contributed by atoms with Crippen molar-refractivity contribution in [3.63, 3.8) is 0 Å². The molecule has 1 spiro atoms. The second-order valence-corrected chi connectivity index (χ2v) is 7.54. The predicted octanol–water partition coefficient (Wildman–Crippen LogP) is 3.50. The number of rotatable bonds is 1. The van der Waals surface area contributed by atoms with E-state index >= 15 is 0 Å². The fraction of sp³-hybridized carbons (Fsp3) is 0.556. The van der Waals surface area contributed by atoms with Crippen LogP contribution in [0.15, 0.2) is 17.7 Å². The Morgan fingerprint density at radius 1 is 1.23 bits per heavy atom. The number of aromatic nitrogens is 1. The van der Waals surface area contributed by atoms with Gasteiger partial charge in [-0.15, -0.1) is 0 Å². The quantitative estimate of drug-likeness (QED) is 0.808. The zero-order valence-electron chi connectivity index (χ0n) is 13.7. The molecule has 2 aliphatic rings. The minimum atomic E-state index is -0.686. The number of carbonyl (C=O) groups excluding carboxylic acids is 2. The standard InChI is InChI=1S/C18H23NO3/c1-11(20)14-15(21)12-7-8-13(17(2,3)4)19(12)18(16(14)22)9-5-6-10-18/h7-8,21H,5-6,9-10H2,1-4H3. The second-order valence-electron chi connectivity index (χ2n) is 7.54. The summed E-state index contributed by atoms with van der Waals surface area (Å²) in [5, 5.41) is 10.5. The summed E-state index contributed by atoms with van der Waals surface area (Å²) in [6.07, 6.45) is 3.42. The molecule has 0 radical (unpaired) electrons. The van der Waals surface area contributed by atoms with Crippen LogP contribution in [0.4, 0.5) is 0 Å². The molecule has 0 bridgehead atoms. The van der Waals surface area contributed by atoms with Gasteiger partial charge in [-0.25, -0.2) is 0 Å². The molecule has 1 saturated carbocycles. The Morgan fingerprint density at radius 2 is 1.82 bits per heavy atom. The van der Waals surface area contributed by atoms with Crippen LogP contribution in [0.3, 0.4) is 0 Å². The lowest BCUT2D eigenvalue weighted by atomic mass is 9.80. The highest BCUT2D eigenvalue weighted by Crippen LogP contribution is 2.47. The van der Waals surface area contributed by atoms with Crippen molar-refractivity contribution in [2.45, 2.75) is 64.3 Å². The fourth-order valence-corrected chi connectivity index (χ4v) is 3.98. The van der Waals surface area contributed by atoms with Gasteiger partial charge in [0.05, 0.1) is 5.69 Å². The highest BCUT2D eigenvalue weighted by molar-refractivity contribution is 6.27. The van der Waals surface area contributed by atoms with Gasteiger partial charge in [-0.2, -0.15) is 0 Å². The fourth-order valence-electron chi connectivity index (χ4n) is 3.98. The number of nitrogens with zero attached hydrogens (tertiary/aromatic N) is 1. The van der Waals surface area contributed by atoms with E-state index < -0.39 is 5.54 Å². The number of Topliss-reactive ketones (excluding diaryl/α,β-unsaturated/α-hetero) is 2. The summed E-state index contributed by atoms with van der Waals surface area (Å²) < 4.78 is 2.02. The molecule has 1 aliphatic heterocycles. The maximum atomic E-state index is 13.1. The maximum Gasteiger partial charge on any atom is 0.196 e. The molecule has 1 fully saturated rings. The number of allylic oxidation sites excluding steroid dienone is 1. The molecule has 0 saturated heterocycles. The summed E-state index contributed by atoms with van der Waals surface area (Å²) >= 11 is 0. The van der Waals surface area contributed by atoms with Crippen LogP contribution in [-0.2, 0) is 20.5 Å². The first-order chi connectivity index (χ1) is 10.2. The van der Waals surface area contributed by atoms with E-state index in [9.17, 15) is 14.7 Å². The Hall–Kier alpha value is -1.84. The molecule has 0 unspecified atom stereocenters. The van der Waals surface area contributed by atoms with Crippen molar-refractivity contribution in [2.24, 2.45) is 0 Å². The van der Waals surface area contributed by atoms with Crippen molar-refractivity contribution in [1.29, 1.82) is 0 Å². The minimum absolute atomic E-state index is 0.0204.